The Kier molecular flexibility index (Phi) is 7.08. The fourth-order valence-electron chi connectivity index (χ4n) is 4.78. The molecule has 2 fully saturated rings. The molecule has 2 aromatic heterocycles. The summed E-state index contributed by atoms with van der Waals surface area (Å²) in [5.74, 6) is 2.73. The highest BCUT2D eigenvalue weighted by molar-refractivity contribution is 5.85. The largest absolute Gasteiger partial charge is 0.488 e. The molecule has 1 saturated heterocycles. The second kappa shape index (κ2) is 10.6. The molecule has 1 aliphatic heterocycles. The van der Waals surface area contributed by atoms with E-state index in [2.05, 4.69) is 42.0 Å². The number of hydrogen-bond donors (Lipinski definition) is 0. The number of benzene rings is 1. The molecule has 3 aromatic rings. The van der Waals surface area contributed by atoms with Gasteiger partial charge in [-0.25, -0.2) is 4.98 Å². The van der Waals surface area contributed by atoms with Gasteiger partial charge >= 0.3 is 6.01 Å². The highest BCUT2D eigenvalue weighted by Crippen LogP contribution is 2.34. The molecule has 186 valence electrons. The molecule has 5 rings (SSSR count). The molecule has 2 aliphatic rings. The molecule has 1 saturated carbocycles. The first-order chi connectivity index (χ1) is 17.1. The van der Waals surface area contributed by atoms with Gasteiger partial charge in [0.2, 0.25) is 5.95 Å². The van der Waals surface area contributed by atoms with Crippen LogP contribution in [0.4, 0.5) is 11.6 Å². The first kappa shape index (κ1) is 23.5. The summed E-state index contributed by atoms with van der Waals surface area (Å²) in [4.78, 5) is 26.7. The van der Waals surface area contributed by atoms with Gasteiger partial charge in [0, 0.05) is 57.8 Å². The van der Waals surface area contributed by atoms with Gasteiger partial charge in [-0.15, -0.1) is 0 Å². The van der Waals surface area contributed by atoms with Crippen molar-refractivity contribution in [2.24, 2.45) is 5.92 Å². The zero-order valence-corrected chi connectivity index (χ0v) is 20.7. The van der Waals surface area contributed by atoms with Crippen molar-refractivity contribution >= 4 is 22.7 Å². The predicted molar refractivity (Wildman–Crippen MR) is 133 cm³/mol. The fraction of sp³-hybridized carbons (Fsp3) is 0.560. The monoisotopic (exact) mass is 479 g/mol. The first-order valence-corrected chi connectivity index (χ1v) is 12.3. The third-order valence-electron chi connectivity index (χ3n) is 6.69. The van der Waals surface area contributed by atoms with Crippen LogP contribution in [0.15, 0.2) is 24.5 Å². The second-order valence-electron chi connectivity index (χ2n) is 9.36. The summed E-state index contributed by atoms with van der Waals surface area (Å²) in [6.07, 6.45) is 8.51. The lowest BCUT2D eigenvalue weighted by Gasteiger charge is -2.31. The van der Waals surface area contributed by atoms with E-state index >= 15 is 0 Å². The van der Waals surface area contributed by atoms with Gasteiger partial charge in [0.05, 0.1) is 31.9 Å². The van der Waals surface area contributed by atoms with Gasteiger partial charge in [-0.3, -0.25) is 4.98 Å². The number of rotatable bonds is 7. The zero-order valence-electron chi connectivity index (χ0n) is 20.7. The van der Waals surface area contributed by atoms with Gasteiger partial charge in [-0.05, 0) is 37.7 Å². The van der Waals surface area contributed by atoms with Gasteiger partial charge in [0.1, 0.15) is 17.1 Å². The van der Waals surface area contributed by atoms with E-state index in [1.54, 1.807) is 19.5 Å². The Morgan fingerprint density at radius 2 is 1.77 bits per heavy atom. The summed E-state index contributed by atoms with van der Waals surface area (Å²) >= 11 is 0. The van der Waals surface area contributed by atoms with E-state index in [1.165, 1.54) is 0 Å². The molecule has 0 spiro atoms. The normalized spacial score (nSPS) is 20.6. The van der Waals surface area contributed by atoms with Crippen molar-refractivity contribution in [2.45, 2.75) is 38.2 Å². The van der Waals surface area contributed by atoms with E-state index in [9.17, 15) is 0 Å². The van der Waals surface area contributed by atoms with E-state index in [1.807, 2.05) is 19.0 Å². The Balaban J connectivity index is 1.26. The average Bonchev–Trinajstić information content (AvgIpc) is 2.90. The van der Waals surface area contributed by atoms with E-state index in [-0.39, 0.29) is 6.10 Å². The number of nitrogens with zero attached hydrogens (tertiary/aromatic N) is 7. The molecular formula is C25H33N7O3. The Morgan fingerprint density at radius 3 is 2.51 bits per heavy atom. The summed E-state index contributed by atoms with van der Waals surface area (Å²) in [6.45, 7) is 3.21. The number of morpholine rings is 1. The topological polar surface area (TPSA) is 98.6 Å². The maximum atomic E-state index is 6.56. The molecule has 0 radical (unpaired) electrons. The maximum Gasteiger partial charge on any atom is 0.321 e. The van der Waals surface area contributed by atoms with Gasteiger partial charge in [0.15, 0.2) is 0 Å². The lowest BCUT2D eigenvalue weighted by atomic mass is 9.85. The van der Waals surface area contributed by atoms with E-state index in [0.717, 1.165) is 86.7 Å². The van der Waals surface area contributed by atoms with Crippen molar-refractivity contribution in [3.05, 3.63) is 30.4 Å². The van der Waals surface area contributed by atoms with Gasteiger partial charge in [-0.2, -0.15) is 15.0 Å². The lowest BCUT2D eigenvalue weighted by Crippen LogP contribution is -2.36. The molecule has 1 aliphatic carbocycles. The van der Waals surface area contributed by atoms with Crippen LogP contribution in [0.2, 0.25) is 0 Å². The molecule has 0 unspecified atom stereocenters. The summed E-state index contributed by atoms with van der Waals surface area (Å²) in [6, 6.07) is 4.58. The fourth-order valence-corrected chi connectivity index (χ4v) is 4.78. The SMILES string of the molecule is COc1nc(CC2CCC(Oc3cc(N4CCOCC4)cc4nccnc34)CC2)nc(N(C)C)n1. The second-order valence-corrected chi connectivity index (χ2v) is 9.36. The molecule has 0 amide bonds. The number of methoxy groups -OCH3 is 1. The number of ether oxygens (including phenoxy) is 3. The molecule has 0 atom stereocenters. The molecule has 10 nitrogen and oxygen atoms in total. The van der Waals surface area contributed by atoms with Crippen LogP contribution in [0, 0.1) is 5.92 Å². The van der Waals surface area contributed by atoms with Gasteiger partial charge in [-0.1, -0.05) is 0 Å². The van der Waals surface area contributed by atoms with Crippen molar-refractivity contribution in [1.82, 2.24) is 24.9 Å². The summed E-state index contributed by atoms with van der Waals surface area (Å²) in [5, 5.41) is 0. The molecule has 0 N–H and O–H groups in total. The minimum Gasteiger partial charge on any atom is -0.488 e. The third-order valence-corrected chi connectivity index (χ3v) is 6.69. The maximum absolute atomic E-state index is 6.56. The minimum absolute atomic E-state index is 0.154. The number of aromatic nitrogens is 5. The van der Waals surface area contributed by atoms with Crippen molar-refractivity contribution < 1.29 is 14.2 Å². The standard InChI is InChI=1S/C25H33N7O3/c1-31(2)24-28-22(29-25(30-24)33-3)14-17-4-6-19(7-5-17)35-21-16-18(32-10-12-34-13-11-32)15-20-23(21)27-9-8-26-20/h8-9,15-17,19H,4-7,10-14H2,1-3H3. The third kappa shape index (κ3) is 5.53. The van der Waals surface area contributed by atoms with Crippen molar-refractivity contribution in [2.75, 3.05) is 57.3 Å². The van der Waals surface area contributed by atoms with Gasteiger partial charge in [0.25, 0.3) is 0 Å². The van der Waals surface area contributed by atoms with Crippen LogP contribution in [0.5, 0.6) is 11.8 Å². The molecular weight excluding hydrogens is 446 g/mol. The number of fused-ring (bicyclic) bond motifs is 1. The lowest BCUT2D eigenvalue weighted by molar-refractivity contribution is 0.122. The molecule has 0 bridgehead atoms. The average molecular weight is 480 g/mol. The molecule has 1 aromatic carbocycles. The zero-order chi connectivity index (χ0) is 24.2. The van der Waals surface area contributed by atoms with Crippen LogP contribution in [0.3, 0.4) is 0 Å². The minimum atomic E-state index is 0.154. The van der Waals surface area contributed by atoms with Crippen LogP contribution in [0.1, 0.15) is 31.5 Å². The van der Waals surface area contributed by atoms with Crippen LogP contribution >= 0.6 is 0 Å². The smallest absolute Gasteiger partial charge is 0.321 e. The summed E-state index contributed by atoms with van der Waals surface area (Å²) in [7, 11) is 5.43. The number of hydrogen-bond acceptors (Lipinski definition) is 10. The molecule has 10 heteroatoms. The Hall–Kier alpha value is -3.27. The first-order valence-electron chi connectivity index (χ1n) is 12.3. The van der Waals surface area contributed by atoms with Crippen LogP contribution in [-0.4, -0.2) is 78.5 Å². The highest BCUT2D eigenvalue weighted by Gasteiger charge is 2.25. The predicted octanol–water partition coefficient (Wildman–Crippen LogP) is 2.91. The van der Waals surface area contributed by atoms with E-state index in [4.69, 9.17) is 14.2 Å². The quantitative estimate of drug-likeness (QED) is 0.503. The summed E-state index contributed by atoms with van der Waals surface area (Å²) in [5.41, 5.74) is 2.80. The molecule has 3 heterocycles. The van der Waals surface area contributed by atoms with Crippen LogP contribution in [-0.2, 0) is 11.2 Å². The molecule has 35 heavy (non-hydrogen) atoms. The van der Waals surface area contributed by atoms with Crippen molar-refractivity contribution in [1.29, 1.82) is 0 Å². The summed E-state index contributed by atoms with van der Waals surface area (Å²) < 4.78 is 17.4. The number of anilines is 2. The van der Waals surface area contributed by atoms with Crippen LogP contribution in [0.25, 0.3) is 11.0 Å². The Morgan fingerprint density at radius 1 is 1.00 bits per heavy atom. The van der Waals surface area contributed by atoms with Crippen molar-refractivity contribution in [3.63, 3.8) is 0 Å². The van der Waals surface area contributed by atoms with Crippen molar-refractivity contribution in [3.8, 4) is 11.8 Å². The van der Waals surface area contributed by atoms with Crippen LogP contribution < -0.4 is 19.3 Å². The van der Waals surface area contributed by atoms with E-state index < -0.39 is 0 Å². The highest BCUT2D eigenvalue weighted by atomic mass is 16.5. The Labute approximate surface area is 205 Å². The Bertz CT molecular complexity index is 1150. The van der Waals surface area contributed by atoms with E-state index in [0.29, 0.717) is 17.9 Å². The van der Waals surface area contributed by atoms with Gasteiger partial charge < -0.3 is 24.0 Å².